The Balaban J connectivity index is 1.68. The molecule has 0 spiro atoms. The molecule has 2 heterocycles. The number of nitrogens with one attached hydrogen (secondary N) is 1. The van der Waals surface area contributed by atoms with E-state index in [4.69, 9.17) is 5.14 Å². The third-order valence-corrected chi connectivity index (χ3v) is 5.81. The standard InChI is InChI=1S/C17H24N6O3S/c1-21-9-10-23(12-14(21)16-19-7-8-22(16)2)17(24)20-11-13-5-3-4-6-15(13)27(18,25)26/h3-8,14H,9-12H2,1-2H3,(H,20,24)(H2,18,25,26). The topological polar surface area (TPSA) is 114 Å². The number of aromatic nitrogens is 2. The van der Waals surface area contributed by atoms with Crippen molar-refractivity contribution in [1.29, 1.82) is 0 Å². The van der Waals surface area contributed by atoms with Gasteiger partial charge in [-0.25, -0.2) is 23.3 Å². The molecule has 2 aromatic rings. The molecule has 3 rings (SSSR count). The molecule has 0 radical (unpaired) electrons. The van der Waals surface area contributed by atoms with Gasteiger partial charge in [-0.2, -0.15) is 0 Å². The summed E-state index contributed by atoms with van der Waals surface area (Å²) < 4.78 is 25.3. The summed E-state index contributed by atoms with van der Waals surface area (Å²) in [6, 6.07) is 6.14. The zero-order chi connectivity index (χ0) is 19.6. The molecule has 3 N–H and O–H groups in total. The lowest BCUT2D eigenvalue weighted by atomic mass is 10.1. The molecule has 1 atom stereocenters. The van der Waals surface area contributed by atoms with Crippen LogP contribution in [-0.4, -0.2) is 60.5 Å². The van der Waals surface area contributed by atoms with E-state index in [1.165, 1.54) is 6.07 Å². The molecule has 1 aromatic heterocycles. The Labute approximate surface area is 158 Å². The number of nitrogens with zero attached hydrogens (tertiary/aromatic N) is 4. The van der Waals surface area contributed by atoms with Gasteiger partial charge in [0.2, 0.25) is 10.0 Å². The highest BCUT2D eigenvalue weighted by Gasteiger charge is 2.30. The number of imidazole rings is 1. The zero-order valence-corrected chi connectivity index (χ0v) is 16.2. The molecule has 1 aliphatic rings. The van der Waals surface area contributed by atoms with Crippen molar-refractivity contribution < 1.29 is 13.2 Å². The number of primary sulfonamides is 1. The predicted octanol–water partition coefficient (Wildman–Crippen LogP) is 0.266. The van der Waals surface area contributed by atoms with E-state index in [9.17, 15) is 13.2 Å². The number of benzene rings is 1. The quantitative estimate of drug-likeness (QED) is 0.775. The van der Waals surface area contributed by atoms with E-state index in [0.29, 0.717) is 18.7 Å². The van der Waals surface area contributed by atoms with E-state index in [0.717, 1.165) is 12.4 Å². The monoisotopic (exact) mass is 392 g/mol. The molecular weight excluding hydrogens is 368 g/mol. The molecule has 0 bridgehead atoms. The lowest BCUT2D eigenvalue weighted by molar-refractivity contribution is 0.104. The average molecular weight is 392 g/mol. The molecule has 9 nitrogen and oxygen atoms in total. The first-order valence-electron chi connectivity index (χ1n) is 8.58. The van der Waals surface area contributed by atoms with Crippen molar-refractivity contribution in [3.63, 3.8) is 0 Å². The maximum absolute atomic E-state index is 12.6. The molecule has 10 heteroatoms. The maximum Gasteiger partial charge on any atom is 0.317 e. The van der Waals surface area contributed by atoms with E-state index in [-0.39, 0.29) is 23.5 Å². The van der Waals surface area contributed by atoms with Crippen LogP contribution in [0.4, 0.5) is 4.79 Å². The van der Waals surface area contributed by atoms with Gasteiger partial charge in [-0.15, -0.1) is 0 Å². The van der Waals surface area contributed by atoms with Crippen molar-refractivity contribution >= 4 is 16.1 Å². The van der Waals surface area contributed by atoms with Gasteiger partial charge in [-0.1, -0.05) is 18.2 Å². The highest BCUT2D eigenvalue weighted by Crippen LogP contribution is 2.22. The molecule has 0 aliphatic carbocycles. The van der Waals surface area contributed by atoms with Crippen molar-refractivity contribution in [2.75, 3.05) is 26.7 Å². The second-order valence-corrected chi connectivity index (χ2v) is 8.18. The van der Waals surface area contributed by atoms with Gasteiger partial charge in [0.1, 0.15) is 5.82 Å². The zero-order valence-electron chi connectivity index (χ0n) is 15.4. The largest absolute Gasteiger partial charge is 0.337 e. The molecule has 0 saturated carbocycles. The van der Waals surface area contributed by atoms with Gasteiger partial charge in [0.15, 0.2) is 0 Å². The summed E-state index contributed by atoms with van der Waals surface area (Å²) in [5, 5.41) is 8.04. The van der Waals surface area contributed by atoms with E-state index in [2.05, 4.69) is 15.2 Å². The summed E-state index contributed by atoms with van der Waals surface area (Å²) in [4.78, 5) is 20.9. The summed E-state index contributed by atoms with van der Waals surface area (Å²) in [6.45, 7) is 1.90. The molecule has 1 unspecified atom stereocenters. The fraction of sp³-hybridized carbons (Fsp3) is 0.412. The number of rotatable bonds is 4. The van der Waals surface area contributed by atoms with Crippen LogP contribution in [0.5, 0.6) is 0 Å². The second-order valence-electron chi connectivity index (χ2n) is 6.65. The van der Waals surface area contributed by atoms with E-state index in [1.807, 2.05) is 24.9 Å². The van der Waals surface area contributed by atoms with Crippen molar-refractivity contribution in [1.82, 2.24) is 24.7 Å². The minimum atomic E-state index is -3.84. The molecule has 1 fully saturated rings. The van der Waals surface area contributed by atoms with Gasteiger partial charge in [-0.05, 0) is 18.7 Å². The van der Waals surface area contributed by atoms with E-state index >= 15 is 0 Å². The lowest BCUT2D eigenvalue weighted by Gasteiger charge is -2.38. The average Bonchev–Trinajstić information content (AvgIpc) is 3.05. The van der Waals surface area contributed by atoms with Crippen LogP contribution in [0, 0.1) is 0 Å². The van der Waals surface area contributed by atoms with Gasteiger partial charge in [0, 0.05) is 45.6 Å². The van der Waals surface area contributed by atoms with Crippen LogP contribution in [-0.2, 0) is 23.6 Å². The summed E-state index contributed by atoms with van der Waals surface area (Å²) in [5.41, 5.74) is 0.461. The SMILES string of the molecule is CN1CCN(C(=O)NCc2ccccc2S(N)(=O)=O)CC1c1nccn1C. The van der Waals surface area contributed by atoms with Crippen LogP contribution in [0.25, 0.3) is 0 Å². The van der Waals surface area contributed by atoms with Gasteiger partial charge in [0.25, 0.3) is 0 Å². The smallest absolute Gasteiger partial charge is 0.317 e. The van der Waals surface area contributed by atoms with Gasteiger partial charge < -0.3 is 14.8 Å². The number of urea groups is 1. The second kappa shape index (κ2) is 7.67. The normalized spacial score (nSPS) is 18.5. The van der Waals surface area contributed by atoms with Crippen molar-refractivity contribution in [2.24, 2.45) is 12.2 Å². The van der Waals surface area contributed by atoms with Gasteiger partial charge >= 0.3 is 6.03 Å². The number of amides is 2. The van der Waals surface area contributed by atoms with Crippen LogP contribution in [0.3, 0.4) is 0 Å². The van der Waals surface area contributed by atoms with E-state index < -0.39 is 10.0 Å². The maximum atomic E-state index is 12.6. The fourth-order valence-corrected chi connectivity index (χ4v) is 4.02. The van der Waals surface area contributed by atoms with Crippen LogP contribution in [0.2, 0.25) is 0 Å². The number of aryl methyl sites for hydroxylation is 1. The molecule has 1 aromatic carbocycles. The minimum Gasteiger partial charge on any atom is -0.337 e. The highest BCUT2D eigenvalue weighted by molar-refractivity contribution is 7.89. The number of hydrogen-bond acceptors (Lipinski definition) is 5. The molecule has 1 saturated heterocycles. The Bertz CT molecular complexity index is 926. The Morgan fingerprint density at radius 3 is 2.70 bits per heavy atom. The number of carbonyl (C=O) groups excluding carboxylic acids is 1. The highest BCUT2D eigenvalue weighted by atomic mass is 32.2. The Morgan fingerprint density at radius 1 is 1.30 bits per heavy atom. The Hall–Kier alpha value is -2.43. The Kier molecular flexibility index (Phi) is 5.49. The number of carbonyl (C=O) groups is 1. The predicted molar refractivity (Wildman–Crippen MR) is 100 cm³/mol. The van der Waals surface area contributed by atoms with Gasteiger partial charge in [0.05, 0.1) is 10.9 Å². The molecule has 27 heavy (non-hydrogen) atoms. The summed E-state index contributed by atoms with van der Waals surface area (Å²) in [5.74, 6) is 0.898. The third-order valence-electron chi connectivity index (χ3n) is 4.80. The third kappa shape index (κ3) is 4.29. The fourth-order valence-electron chi connectivity index (χ4n) is 3.25. The van der Waals surface area contributed by atoms with Crippen LogP contribution in [0.1, 0.15) is 17.4 Å². The first kappa shape index (κ1) is 19.3. The molecule has 1 aliphatic heterocycles. The summed E-state index contributed by atoms with van der Waals surface area (Å²) in [6.07, 6.45) is 3.62. The number of nitrogens with two attached hydrogens (primary N) is 1. The van der Waals surface area contributed by atoms with Gasteiger partial charge in [-0.3, -0.25) is 4.90 Å². The first-order valence-corrected chi connectivity index (χ1v) is 10.1. The number of likely N-dealkylation sites (N-methyl/N-ethyl adjacent to an activating group) is 1. The number of piperazine rings is 1. The van der Waals surface area contributed by atoms with E-state index in [1.54, 1.807) is 29.3 Å². The van der Waals surface area contributed by atoms with Crippen molar-refractivity contribution in [2.45, 2.75) is 17.5 Å². The summed E-state index contributed by atoms with van der Waals surface area (Å²) in [7, 11) is 0.102. The minimum absolute atomic E-state index is 0.00112. The first-order chi connectivity index (χ1) is 12.8. The van der Waals surface area contributed by atoms with Crippen LogP contribution < -0.4 is 10.5 Å². The van der Waals surface area contributed by atoms with Crippen LogP contribution in [0.15, 0.2) is 41.6 Å². The lowest BCUT2D eigenvalue weighted by Crippen LogP contribution is -2.52. The molecule has 2 amide bonds. The molecular formula is C17H24N6O3S. The van der Waals surface area contributed by atoms with Crippen molar-refractivity contribution in [3.05, 3.63) is 48.0 Å². The Morgan fingerprint density at radius 2 is 2.04 bits per heavy atom. The number of hydrogen-bond donors (Lipinski definition) is 2. The van der Waals surface area contributed by atoms with Crippen LogP contribution >= 0.6 is 0 Å². The van der Waals surface area contributed by atoms with Crippen molar-refractivity contribution in [3.8, 4) is 0 Å². The molecule has 146 valence electrons. The summed E-state index contributed by atoms with van der Waals surface area (Å²) >= 11 is 0. The number of sulfonamides is 1.